The largest absolute Gasteiger partial charge is 0.492 e. The summed E-state index contributed by atoms with van der Waals surface area (Å²) in [6, 6.07) is 27.6. The van der Waals surface area contributed by atoms with Crippen LogP contribution < -0.4 is 10.1 Å². The van der Waals surface area contributed by atoms with Crippen LogP contribution in [-0.2, 0) is 13.1 Å². The van der Waals surface area contributed by atoms with Gasteiger partial charge in [-0.05, 0) is 23.8 Å². The Morgan fingerprint density at radius 1 is 0.857 bits per heavy atom. The van der Waals surface area contributed by atoms with Gasteiger partial charge < -0.3 is 14.6 Å². The lowest BCUT2D eigenvalue weighted by Crippen LogP contribution is -2.22. The van der Waals surface area contributed by atoms with E-state index in [1.807, 2.05) is 91.1 Å². The summed E-state index contributed by atoms with van der Waals surface area (Å²) in [4.78, 5) is 12.8. The van der Waals surface area contributed by atoms with Crippen LogP contribution in [0.3, 0.4) is 0 Å². The molecule has 0 unspecified atom stereocenters. The highest BCUT2D eigenvalue weighted by Gasteiger charge is 2.14. The predicted molar refractivity (Wildman–Crippen MR) is 111 cm³/mol. The Hall–Kier alpha value is -3.53. The molecule has 0 aliphatic heterocycles. The number of rotatable bonds is 7. The van der Waals surface area contributed by atoms with Crippen molar-refractivity contribution in [1.82, 2.24) is 9.88 Å². The second-order valence-corrected chi connectivity index (χ2v) is 6.58. The standard InChI is InChI=1S/C24H22N2O2/c27-24(25-17-19-9-3-1-4-10-19)22-18-26(23-14-8-7-13-21(22)23)15-16-28-20-11-5-2-6-12-20/h1-14,18H,15-17H2,(H,25,27). The van der Waals surface area contributed by atoms with E-state index in [9.17, 15) is 4.79 Å². The van der Waals surface area contributed by atoms with E-state index in [2.05, 4.69) is 9.88 Å². The zero-order valence-corrected chi connectivity index (χ0v) is 15.5. The van der Waals surface area contributed by atoms with Crippen molar-refractivity contribution >= 4 is 16.8 Å². The van der Waals surface area contributed by atoms with Crippen LogP contribution in [0.25, 0.3) is 10.9 Å². The molecule has 1 amide bonds. The number of carbonyl (C=O) groups is 1. The highest BCUT2D eigenvalue weighted by atomic mass is 16.5. The maximum absolute atomic E-state index is 12.8. The average Bonchev–Trinajstić information content (AvgIpc) is 3.12. The van der Waals surface area contributed by atoms with E-state index in [4.69, 9.17) is 4.74 Å². The molecule has 0 atom stereocenters. The number of hydrogen-bond acceptors (Lipinski definition) is 2. The molecule has 0 spiro atoms. The highest BCUT2D eigenvalue weighted by molar-refractivity contribution is 6.06. The Morgan fingerprint density at radius 2 is 1.54 bits per heavy atom. The molecule has 0 aliphatic rings. The zero-order chi connectivity index (χ0) is 19.2. The lowest BCUT2D eigenvalue weighted by molar-refractivity contribution is 0.0952. The van der Waals surface area contributed by atoms with Gasteiger partial charge in [0.1, 0.15) is 12.4 Å². The number of nitrogens with one attached hydrogen (secondary N) is 1. The maximum Gasteiger partial charge on any atom is 0.253 e. The number of benzene rings is 3. The Balaban J connectivity index is 1.48. The summed E-state index contributed by atoms with van der Waals surface area (Å²) < 4.78 is 7.89. The monoisotopic (exact) mass is 370 g/mol. The van der Waals surface area contributed by atoms with Gasteiger partial charge in [0.05, 0.1) is 12.1 Å². The molecule has 1 aromatic heterocycles. The maximum atomic E-state index is 12.8. The lowest BCUT2D eigenvalue weighted by atomic mass is 10.1. The third-order valence-corrected chi connectivity index (χ3v) is 4.67. The van der Waals surface area contributed by atoms with Gasteiger partial charge >= 0.3 is 0 Å². The Labute approximate surface area is 164 Å². The first kappa shape index (κ1) is 17.9. The number of hydrogen-bond donors (Lipinski definition) is 1. The molecule has 1 heterocycles. The topological polar surface area (TPSA) is 43.3 Å². The molecule has 4 heteroatoms. The normalized spacial score (nSPS) is 10.7. The fourth-order valence-corrected chi connectivity index (χ4v) is 3.26. The molecule has 0 saturated heterocycles. The molecule has 1 N–H and O–H groups in total. The molecular weight excluding hydrogens is 348 g/mol. The molecule has 0 saturated carbocycles. The van der Waals surface area contributed by atoms with E-state index < -0.39 is 0 Å². The van der Waals surface area contributed by atoms with Gasteiger partial charge in [0.15, 0.2) is 0 Å². The van der Waals surface area contributed by atoms with Gasteiger partial charge in [0.2, 0.25) is 0 Å². The van der Waals surface area contributed by atoms with Crippen LogP contribution in [0.1, 0.15) is 15.9 Å². The van der Waals surface area contributed by atoms with Crippen molar-refractivity contribution in [2.24, 2.45) is 0 Å². The van der Waals surface area contributed by atoms with Gasteiger partial charge in [0.25, 0.3) is 5.91 Å². The molecule has 28 heavy (non-hydrogen) atoms. The van der Waals surface area contributed by atoms with E-state index in [-0.39, 0.29) is 5.91 Å². The van der Waals surface area contributed by atoms with E-state index in [1.165, 1.54) is 0 Å². The van der Waals surface area contributed by atoms with Gasteiger partial charge in [0, 0.05) is 23.6 Å². The number of fused-ring (bicyclic) bond motifs is 1. The number of nitrogens with zero attached hydrogens (tertiary/aromatic N) is 1. The van der Waals surface area contributed by atoms with Gasteiger partial charge in [-0.25, -0.2) is 0 Å². The molecule has 4 nitrogen and oxygen atoms in total. The van der Waals surface area contributed by atoms with Crippen LogP contribution in [0, 0.1) is 0 Å². The summed E-state index contributed by atoms with van der Waals surface area (Å²) in [5.41, 5.74) is 2.80. The van der Waals surface area contributed by atoms with Crippen LogP contribution in [0.4, 0.5) is 0 Å². The summed E-state index contributed by atoms with van der Waals surface area (Å²) in [6.45, 7) is 1.71. The first-order chi connectivity index (χ1) is 13.8. The van der Waals surface area contributed by atoms with Gasteiger partial charge in [-0.1, -0.05) is 66.7 Å². The van der Waals surface area contributed by atoms with Crippen molar-refractivity contribution in [3.8, 4) is 5.75 Å². The van der Waals surface area contributed by atoms with Crippen molar-refractivity contribution in [1.29, 1.82) is 0 Å². The third-order valence-electron chi connectivity index (χ3n) is 4.67. The van der Waals surface area contributed by atoms with Crippen LogP contribution in [-0.4, -0.2) is 17.1 Å². The van der Waals surface area contributed by atoms with Crippen LogP contribution in [0.15, 0.2) is 91.1 Å². The summed E-state index contributed by atoms with van der Waals surface area (Å²) >= 11 is 0. The summed E-state index contributed by atoms with van der Waals surface area (Å²) in [7, 11) is 0. The molecule has 0 aliphatic carbocycles. The lowest BCUT2D eigenvalue weighted by Gasteiger charge is -2.08. The van der Waals surface area contributed by atoms with E-state index in [0.717, 1.165) is 22.2 Å². The highest BCUT2D eigenvalue weighted by Crippen LogP contribution is 2.21. The molecule has 140 valence electrons. The van der Waals surface area contributed by atoms with Crippen molar-refractivity contribution in [2.75, 3.05) is 6.61 Å². The quantitative estimate of drug-likeness (QED) is 0.515. The van der Waals surface area contributed by atoms with Crippen molar-refractivity contribution in [2.45, 2.75) is 13.1 Å². The molecule has 4 rings (SSSR count). The van der Waals surface area contributed by atoms with Gasteiger partial charge in [-0.3, -0.25) is 4.79 Å². The van der Waals surface area contributed by atoms with Gasteiger partial charge in [-0.2, -0.15) is 0 Å². The molecule has 0 bridgehead atoms. The minimum atomic E-state index is -0.0669. The van der Waals surface area contributed by atoms with E-state index >= 15 is 0 Å². The van der Waals surface area contributed by atoms with E-state index in [1.54, 1.807) is 0 Å². The SMILES string of the molecule is O=C(NCc1ccccc1)c1cn(CCOc2ccccc2)c2ccccc12. The first-order valence-corrected chi connectivity index (χ1v) is 9.39. The number of amides is 1. The molecule has 0 fully saturated rings. The summed E-state index contributed by atoms with van der Waals surface area (Å²) in [5, 5.41) is 3.97. The first-order valence-electron chi connectivity index (χ1n) is 9.39. The van der Waals surface area contributed by atoms with Gasteiger partial charge in [-0.15, -0.1) is 0 Å². The zero-order valence-electron chi connectivity index (χ0n) is 15.5. The fourth-order valence-electron chi connectivity index (χ4n) is 3.26. The molecule has 4 aromatic rings. The van der Waals surface area contributed by atoms with Crippen molar-refractivity contribution < 1.29 is 9.53 Å². The number of carbonyl (C=O) groups excluding carboxylic acids is 1. The second-order valence-electron chi connectivity index (χ2n) is 6.58. The number of ether oxygens (including phenoxy) is 1. The minimum absolute atomic E-state index is 0.0669. The molecule has 3 aromatic carbocycles. The molecular formula is C24H22N2O2. The second kappa shape index (κ2) is 8.44. The van der Waals surface area contributed by atoms with Crippen LogP contribution in [0.2, 0.25) is 0 Å². The Kier molecular flexibility index (Phi) is 5.38. The Morgan fingerprint density at radius 3 is 2.32 bits per heavy atom. The number of aromatic nitrogens is 1. The predicted octanol–water partition coefficient (Wildman–Crippen LogP) is 4.65. The number of para-hydroxylation sites is 2. The minimum Gasteiger partial charge on any atom is -0.492 e. The van der Waals surface area contributed by atoms with Crippen molar-refractivity contribution in [3.63, 3.8) is 0 Å². The van der Waals surface area contributed by atoms with Crippen LogP contribution >= 0.6 is 0 Å². The molecule has 0 radical (unpaired) electrons. The Bertz CT molecular complexity index is 1060. The summed E-state index contributed by atoms with van der Waals surface area (Å²) in [5.74, 6) is 0.780. The summed E-state index contributed by atoms with van der Waals surface area (Å²) in [6.07, 6.45) is 1.92. The van der Waals surface area contributed by atoms with E-state index in [0.29, 0.717) is 25.3 Å². The average molecular weight is 370 g/mol. The smallest absolute Gasteiger partial charge is 0.253 e. The fraction of sp³-hybridized carbons (Fsp3) is 0.125. The third kappa shape index (κ3) is 4.07. The van der Waals surface area contributed by atoms with Crippen LogP contribution in [0.5, 0.6) is 5.75 Å². The van der Waals surface area contributed by atoms with Crippen molar-refractivity contribution in [3.05, 3.63) is 102 Å².